The second-order valence-electron chi connectivity index (χ2n) is 4.14. The minimum Gasteiger partial charge on any atom is -0.0991 e. The number of allylic oxidation sites excluding steroid dienone is 3. The van der Waals surface area contributed by atoms with Gasteiger partial charge in [0.15, 0.2) is 0 Å². The molecule has 13 heavy (non-hydrogen) atoms. The van der Waals surface area contributed by atoms with E-state index in [1.54, 1.807) is 0 Å². The van der Waals surface area contributed by atoms with Gasteiger partial charge in [0, 0.05) is 0 Å². The van der Waals surface area contributed by atoms with Gasteiger partial charge in [-0.25, -0.2) is 0 Å². The molecule has 0 bridgehead atoms. The summed E-state index contributed by atoms with van der Waals surface area (Å²) in [6, 6.07) is 0. The van der Waals surface area contributed by atoms with Crippen molar-refractivity contribution in [2.24, 2.45) is 11.8 Å². The smallest absolute Gasteiger partial charge is 0.0231 e. The summed E-state index contributed by atoms with van der Waals surface area (Å²) in [4.78, 5) is 0. The maximum absolute atomic E-state index is 3.72. The lowest BCUT2D eigenvalue weighted by Crippen LogP contribution is -2.00. The Balaban J connectivity index is 3.80. The molecule has 0 aliphatic rings. The first-order chi connectivity index (χ1) is 6.11. The molecule has 0 radical (unpaired) electrons. The third kappa shape index (κ3) is 5.68. The van der Waals surface area contributed by atoms with Crippen LogP contribution in [0.1, 0.15) is 47.0 Å². The largest absolute Gasteiger partial charge is 0.0991 e. The molecule has 0 spiro atoms. The van der Waals surface area contributed by atoms with Crippen molar-refractivity contribution in [3.8, 4) is 0 Å². The van der Waals surface area contributed by atoms with Gasteiger partial charge in [-0.05, 0) is 25.2 Å². The summed E-state index contributed by atoms with van der Waals surface area (Å²) >= 11 is 0. The molecular weight excluding hydrogens is 156 g/mol. The van der Waals surface area contributed by atoms with Gasteiger partial charge < -0.3 is 0 Å². The van der Waals surface area contributed by atoms with Gasteiger partial charge in [0.25, 0.3) is 0 Å². The van der Waals surface area contributed by atoms with E-state index in [-0.39, 0.29) is 0 Å². The number of hydrogen-bond donors (Lipinski definition) is 0. The Hall–Kier alpha value is -0.520. The van der Waals surface area contributed by atoms with Crippen LogP contribution in [0, 0.1) is 11.8 Å². The predicted octanol–water partition coefficient (Wildman–Crippen LogP) is 4.58. The van der Waals surface area contributed by atoms with Crippen molar-refractivity contribution < 1.29 is 0 Å². The van der Waals surface area contributed by atoms with Gasteiger partial charge in [0.1, 0.15) is 0 Å². The van der Waals surface area contributed by atoms with Gasteiger partial charge in [-0.2, -0.15) is 0 Å². The van der Waals surface area contributed by atoms with E-state index in [9.17, 15) is 0 Å². The van der Waals surface area contributed by atoms with E-state index >= 15 is 0 Å². The average molecular weight is 180 g/mol. The molecule has 0 aromatic carbocycles. The third-order valence-electron chi connectivity index (χ3n) is 2.95. The summed E-state index contributed by atoms with van der Waals surface area (Å²) in [5, 5.41) is 0. The quantitative estimate of drug-likeness (QED) is 0.525. The standard InChI is InChI=1S/C13H24/c1-6-8-12(4)13(5)10-9-11(3)7-2/h6,8,11,13H,1,7,9-10H2,2-5H3/b12-8+. The Kier molecular flexibility index (Phi) is 6.66. The molecule has 0 fully saturated rings. The van der Waals surface area contributed by atoms with Crippen molar-refractivity contribution in [3.05, 3.63) is 24.3 Å². The Bertz CT molecular complexity index is 165. The minimum absolute atomic E-state index is 0.715. The van der Waals surface area contributed by atoms with Crippen molar-refractivity contribution in [2.75, 3.05) is 0 Å². The maximum atomic E-state index is 3.72. The molecule has 0 N–H and O–H groups in total. The summed E-state index contributed by atoms with van der Waals surface area (Å²) in [5.74, 6) is 1.59. The fraction of sp³-hybridized carbons (Fsp3) is 0.692. The molecule has 0 heterocycles. The van der Waals surface area contributed by atoms with E-state index in [1.807, 2.05) is 6.08 Å². The highest BCUT2D eigenvalue weighted by Gasteiger charge is 2.06. The molecule has 0 nitrogen and oxygen atoms in total. The highest BCUT2D eigenvalue weighted by molar-refractivity contribution is 5.10. The summed E-state index contributed by atoms with van der Waals surface area (Å²) in [6.45, 7) is 12.8. The van der Waals surface area contributed by atoms with Gasteiger partial charge >= 0.3 is 0 Å². The second-order valence-corrected chi connectivity index (χ2v) is 4.14. The molecule has 0 aromatic rings. The van der Waals surface area contributed by atoms with Crippen molar-refractivity contribution in [1.29, 1.82) is 0 Å². The molecule has 0 amide bonds. The normalized spacial score (nSPS) is 16.8. The fourth-order valence-corrected chi connectivity index (χ4v) is 1.32. The van der Waals surface area contributed by atoms with Crippen molar-refractivity contribution in [2.45, 2.75) is 47.0 Å². The summed E-state index contributed by atoms with van der Waals surface area (Å²) in [6.07, 6.45) is 7.97. The molecular formula is C13H24. The summed E-state index contributed by atoms with van der Waals surface area (Å²) in [7, 11) is 0. The first-order valence-corrected chi connectivity index (χ1v) is 5.41. The van der Waals surface area contributed by atoms with Crippen LogP contribution in [0.2, 0.25) is 0 Å². The van der Waals surface area contributed by atoms with Crippen LogP contribution in [-0.2, 0) is 0 Å². The minimum atomic E-state index is 0.715. The zero-order chi connectivity index (χ0) is 10.3. The summed E-state index contributed by atoms with van der Waals surface area (Å²) in [5.41, 5.74) is 1.46. The zero-order valence-corrected chi connectivity index (χ0v) is 9.64. The van der Waals surface area contributed by atoms with E-state index in [1.165, 1.54) is 24.8 Å². The fourth-order valence-electron chi connectivity index (χ4n) is 1.32. The van der Waals surface area contributed by atoms with Crippen molar-refractivity contribution in [3.63, 3.8) is 0 Å². The molecule has 2 unspecified atom stereocenters. The Labute approximate surface area is 83.7 Å². The lowest BCUT2D eigenvalue weighted by atomic mass is 9.92. The maximum Gasteiger partial charge on any atom is -0.0231 e. The van der Waals surface area contributed by atoms with Crippen molar-refractivity contribution >= 4 is 0 Å². The average Bonchev–Trinajstić information content (AvgIpc) is 2.13. The summed E-state index contributed by atoms with van der Waals surface area (Å²) < 4.78 is 0. The Morgan fingerprint density at radius 3 is 2.38 bits per heavy atom. The van der Waals surface area contributed by atoms with Crippen LogP contribution in [0.5, 0.6) is 0 Å². The molecule has 2 atom stereocenters. The van der Waals surface area contributed by atoms with Gasteiger partial charge in [-0.1, -0.05) is 57.9 Å². The van der Waals surface area contributed by atoms with E-state index in [4.69, 9.17) is 0 Å². The van der Waals surface area contributed by atoms with Crippen LogP contribution in [0.4, 0.5) is 0 Å². The number of hydrogen-bond acceptors (Lipinski definition) is 0. The molecule has 0 aliphatic heterocycles. The van der Waals surface area contributed by atoms with Gasteiger partial charge in [0.05, 0.1) is 0 Å². The third-order valence-corrected chi connectivity index (χ3v) is 2.95. The molecule has 0 saturated heterocycles. The van der Waals surface area contributed by atoms with Crippen LogP contribution >= 0.6 is 0 Å². The molecule has 0 aromatic heterocycles. The highest BCUT2D eigenvalue weighted by atomic mass is 14.1. The SMILES string of the molecule is C=C/C=C(\C)C(C)CCC(C)CC. The van der Waals surface area contributed by atoms with E-state index in [0.717, 1.165) is 5.92 Å². The van der Waals surface area contributed by atoms with Gasteiger partial charge in [-0.3, -0.25) is 0 Å². The van der Waals surface area contributed by atoms with Crippen LogP contribution in [0.15, 0.2) is 24.3 Å². The molecule has 0 rings (SSSR count). The second kappa shape index (κ2) is 6.94. The Morgan fingerprint density at radius 2 is 1.92 bits per heavy atom. The topological polar surface area (TPSA) is 0 Å². The molecule has 0 saturated carbocycles. The van der Waals surface area contributed by atoms with E-state index in [0.29, 0.717) is 5.92 Å². The first-order valence-electron chi connectivity index (χ1n) is 5.41. The molecule has 0 heteroatoms. The van der Waals surface area contributed by atoms with E-state index < -0.39 is 0 Å². The van der Waals surface area contributed by atoms with Crippen molar-refractivity contribution in [1.82, 2.24) is 0 Å². The van der Waals surface area contributed by atoms with Crippen LogP contribution in [0.25, 0.3) is 0 Å². The van der Waals surface area contributed by atoms with Gasteiger partial charge in [-0.15, -0.1) is 0 Å². The lowest BCUT2D eigenvalue weighted by molar-refractivity contribution is 0.451. The predicted molar refractivity (Wildman–Crippen MR) is 61.8 cm³/mol. The molecule has 76 valence electrons. The Morgan fingerprint density at radius 1 is 1.31 bits per heavy atom. The zero-order valence-electron chi connectivity index (χ0n) is 9.64. The van der Waals surface area contributed by atoms with Crippen LogP contribution in [-0.4, -0.2) is 0 Å². The number of rotatable bonds is 6. The first kappa shape index (κ1) is 12.5. The molecule has 0 aliphatic carbocycles. The highest BCUT2D eigenvalue weighted by Crippen LogP contribution is 2.20. The lowest BCUT2D eigenvalue weighted by Gasteiger charge is -2.14. The van der Waals surface area contributed by atoms with Crippen LogP contribution in [0.3, 0.4) is 0 Å². The van der Waals surface area contributed by atoms with Crippen LogP contribution < -0.4 is 0 Å². The van der Waals surface area contributed by atoms with Gasteiger partial charge in [0.2, 0.25) is 0 Å². The van der Waals surface area contributed by atoms with E-state index in [2.05, 4.69) is 40.3 Å². The monoisotopic (exact) mass is 180 g/mol.